The zero-order valence-electron chi connectivity index (χ0n) is 18.7. The lowest BCUT2D eigenvalue weighted by Crippen LogP contribution is -2.33. The van der Waals surface area contributed by atoms with E-state index in [1.807, 2.05) is 48.5 Å². The van der Waals surface area contributed by atoms with Gasteiger partial charge in [-0.05, 0) is 47.9 Å². The third-order valence-electron chi connectivity index (χ3n) is 5.59. The Morgan fingerprint density at radius 1 is 0.909 bits per heavy atom. The van der Waals surface area contributed by atoms with Gasteiger partial charge in [-0.3, -0.25) is 9.59 Å². The van der Waals surface area contributed by atoms with Gasteiger partial charge in [-0.25, -0.2) is 4.68 Å². The van der Waals surface area contributed by atoms with Crippen LogP contribution < -0.4 is 20.3 Å². The number of aryl methyl sites for hydroxylation is 1. The number of nitrogens with zero attached hydrogens (tertiary/aromatic N) is 2. The van der Waals surface area contributed by atoms with Gasteiger partial charge >= 0.3 is 0 Å². The molecule has 1 atom stereocenters. The third-order valence-corrected chi connectivity index (χ3v) is 5.59. The minimum atomic E-state index is -0.351. The Morgan fingerprint density at radius 3 is 2.09 bits per heavy atom. The molecule has 3 aromatic carbocycles. The third kappa shape index (κ3) is 4.72. The first-order valence-electron chi connectivity index (χ1n) is 10.5. The molecule has 4 aromatic rings. The number of rotatable bonds is 7. The molecule has 1 heterocycles. The highest BCUT2D eigenvalue weighted by Gasteiger charge is 2.21. The summed E-state index contributed by atoms with van der Waals surface area (Å²) in [5.74, 6) is 1.15. The van der Waals surface area contributed by atoms with Gasteiger partial charge in [0.15, 0.2) is 5.69 Å². The van der Waals surface area contributed by atoms with Crippen LogP contribution in [0.4, 0.5) is 0 Å². The van der Waals surface area contributed by atoms with Crippen LogP contribution in [0.5, 0.6) is 11.5 Å². The van der Waals surface area contributed by atoms with E-state index in [1.54, 1.807) is 45.5 Å². The van der Waals surface area contributed by atoms with E-state index < -0.39 is 0 Å². The van der Waals surface area contributed by atoms with Crippen LogP contribution in [0.2, 0.25) is 0 Å². The topological polar surface area (TPSA) is 82.5 Å². The zero-order valence-corrected chi connectivity index (χ0v) is 18.7. The van der Waals surface area contributed by atoms with Gasteiger partial charge in [-0.1, -0.05) is 42.5 Å². The van der Waals surface area contributed by atoms with Crippen molar-refractivity contribution in [3.8, 4) is 11.5 Å². The Bertz CT molecular complexity index is 1330. The van der Waals surface area contributed by atoms with Crippen LogP contribution in [0.15, 0.2) is 77.6 Å². The highest BCUT2D eigenvalue weighted by Crippen LogP contribution is 2.24. The van der Waals surface area contributed by atoms with Gasteiger partial charge < -0.3 is 14.8 Å². The molecule has 0 aliphatic rings. The predicted octanol–water partition coefficient (Wildman–Crippen LogP) is 3.66. The number of fused-ring (bicyclic) bond motifs is 1. The lowest BCUT2D eigenvalue weighted by Gasteiger charge is -2.20. The van der Waals surface area contributed by atoms with Crippen LogP contribution in [0.3, 0.4) is 0 Å². The Balaban J connectivity index is 1.69. The average Bonchev–Trinajstić information content (AvgIpc) is 2.86. The number of carbonyl (C=O) groups excluding carboxylic acids is 1. The molecule has 1 amide bonds. The molecule has 1 aromatic heterocycles. The van der Waals surface area contributed by atoms with Crippen molar-refractivity contribution in [2.24, 2.45) is 7.05 Å². The van der Waals surface area contributed by atoms with Crippen molar-refractivity contribution in [1.29, 1.82) is 0 Å². The number of benzene rings is 3. The summed E-state index contributed by atoms with van der Waals surface area (Å²) in [7, 11) is 4.78. The first-order valence-corrected chi connectivity index (χ1v) is 10.5. The lowest BCUT2D eigenvalue weighted by molar-refractivity contribution is 0.0931. The molecular formula is C26H25N3O4. The van der Waals surface area contributed by atoms with Crippen LogP contribution in [-0.2, 0) is 13.5 Å². The molecule has 0 spiro atoms. The molecule has 0 bridgehead atoms. The SMILES string of the molecule is COc1ccc(CC(NC(=O)c2nn(C)c(=O)c3ccccc23)c2ccc(OC)cc2)cc1. The molecule has 0 aliphatic heterocycles. The van der Waals surface area contributed by atoms with Crippen molar-refractivity contribution in [1.82, 2.24) is 15.1 Å². The van der Waals surface area contributed by atoms with E-state index in [2.05, 4.69) is 10.4 Å². The monoisotopic (exact) mass is 443 g/mol. The fraction of sp³-hybridized carbons (Fsp3) is 0.192. The van der Waals surface area contributed by atoms with Gasteiger partial charge in [0.2, 0.25) is 0 Å². The maximum absolute atomic E-state index is 13.4. The Morgan fingerprint density at radius 2 is 1.48 bits per heavy atom. The van der Waals surface area contributed by atoms with E-state index in [9.17, 15) is 9.59 Å². The van der Waals surface area contributed by atoms with Crippen molar-refractivity contribution in [3.63, 3.8) is 0 Å². The fourth-order valence-corrected chi connectivity index (χ4v) is 3.78. The second-order valence-corrected chi connectivity index (χ2v) is 7.67. The number of aromatic nitrogens is 2. The van der Waals surface area contributed by atoms with E-state index in [-0.39, 0.29) is 23.2 Å². The van der Waals surface area contributed by atoms with Gasteiger partial charge in [0, 0.05) is 12.4 Å². The van der Waals surface area contributed by atoms with Gasteiger partial charge in [0.05, 0.1) is 25.6 Å². The Kier molecular flexibility index (Phi) is 6.40. The first-order chi connectivity index (χ1) is 16.0. The second-order valence-electron chi connectivity index (χ2n) is 7.67. The molecule has 1 N–H and O–H groups in total. The highest BCUT2D eigenvalue weighted by molar-refractivity contribution is 6.04. The molecule has 1 unspecified atom stereocenters. The molecule has 168 valence electrons. The highest BCUT2D eigenvalue weighted by atomic mass is 16.5. The Labute approximate surface area is 191 Å². The summed E-state index contributed by atoms with van der Waals surface area (Å²) in [5.41, 5.74) is 1.93. The number of carbonyl (C=O) groups is 1. The smallest absolute Gasteiger partial charge is 0.274 e. The van der Waals surface area contributed by atoms with Crippen molar-refractivity contribution in [2.45, 2.75) is 12.5 Å². The summed E-state index contributed by atoms with van der Waals surface area (Å²) in [5, 5.41) is 8.35. The molecule has 33 heavy (non-hydrogen) atoms. The number of methoxy groups -OCH3 is 2. The lowest BCUT2D eigenvalue weighted by atomic mass is 9.98. The van der Waals surface area contributed by atoms with E-state index in [0.717, 1.165) is 22.6 Å². The first kappa shape index (κ1) is 22.1. The van der Waals surface area contributed by atoms with Crippen LogP contribution in [0, 0.1) is 0 Å². The van der Waals surface area contributed by atoms with Crippen LogP contribution in [-0.4, -0.2) is 29.9 Å². The molecule has 0 fully saturated rings. The van der Waals surface area contributed by atoms with Crippen LogP contribution in [0.25, 0.3) is 10.8 Å². The zero-order chi connectivity index (χ0) is 23.4. The average molecular weight is 444 g/mol. The standard InChI is InChI=1S/C26H25N3O4/c1-29-26(31)22-7-5-4-6-21(22)24(28-29)25(30)27-23(18-10-14-20(33-3)15-11-18)16-17-8-12-19(32-2)13-9-17/h4-15,23H,16H2,1-3H3,(H,27,30). The second kappa shape index (κ2) is 9.56. The van der Waals surface area contributed by atoms with Crippen LogP contribution in [0.1, 0.15) is 27.7 Å². The number of hydrogen-bond acceptors (Lipinski definition) is 5. The fourth-order valence-electron chi connectivity index (χ4n) is 3.78. The molecule has 0 saturated carbocycles. The van der Waals surface area contributed by atoms with Crippen molar-refractivity contribution in [2.75, 3.05) is 14.2 Å². The van der Waals surface area contributed by atoms with Gasteiger partial charge in [0.25, 0.3) is 11.5 Å². The number of nitrogens with one attached hydrogen (secondary N) is 1. The van der Waals surface area contributed by atoms with E-state index >= 15 is 0 Å². The largest absolute Gasteiger partial charge is 0.497 e. The summed E-state index contributed by atoms with van der Waals surface area (Å²) >= 11 is 0. The summed E-state index contributed by atoms with van der Waals surface area (Å²) in [6.07, 6.45) is 0.561. The minimum absolute atomic E-state index is 0.209. The maximum Gasteiger partial charge on any atom is 0.274 e. The van der Waals surface area contributed by atoms with Gasteiger partial charge in [-0.15, -0.1) is 0 Å². The summed E-state index contributed by atoms with van der Waals surface area (Å²) in [6.45, 7) is 0. The normalized spacial score (nSPS) is 11.7. The van der Waals surface area contributed by atoms with Crippen LogP contribution >= 0.6 is 0 Å². The molecule has 0 aliphatic carbocycles. The molecular weight excluding hydrogens is 418 g/mol. The predicted molar refractivity (Wildman–Crippen MR) is 127 cm³/mol. The summed E-state index contributed by atoms with van der Waals surface area (Å²) in [6, 6.07) is 22.0. The molecule has 0 saturated heterocycles. The summed E-state index contributed by atoms with van der Waals surface area (Å²) in [4.78, 5) is 25.8. The van der Waals surface area contributed by atoms with Gasteiger partial charge in [0.1, 0.15) is 11.5 Å². The van der Waals surface area contributed by atoms with Crippen molar-refractivity contribution >= 4 is 16.7 Å². The minimum Gasteiger partial charge on any atom is -0.497 e. The van der Waals surface area contributed by atoms with Crippen molar-refractivity contribution < 1.29 is 14.3 Å². The van der Waals surface area contributed by atoms with E-state index in [0.29, 0.717) is 17.2 Å². The molecule has 7 nitrogen and oxygen atoms in total. The quantitative estimate of drug-likeness (QED) is 0.471. The summed E-state index contributed by atoms with van der Waals surface area (Å²) < 4.78 is 11.7. The maximum atomic E-state index is 13.4. The number of ether oxygens (including phenoxy) is 2. The Hall–Kier alpha value is -4.13. The molecule has 4 rings (SSSR count). The number of amides is 1. The molecule has 7 heteroatoms. The van der Waals surface area contributed by atoms with E-state index in [1.165, 1.54) is 4.68 Å². The van der Waals surface area contributed by atoms with Gasteiger partial charge in [-0.2, -0.15) is 5.10 Å². The number of hydrogen-bond donors (Lipinski definition) is 1. The van der Waals surface area contributed by atoms with Crippen molar-refractivity contribution in [3.05, 3.63) is 100.0 Å². The van der Waals surface area contributed by atoms with E-state index in [4.69, 9.17) is 9.47 Å². The molecule has 0 radical (unpaired) electrons.